The molecule has 3 aromatic rings. The summed E-state index contributed by atoms with van der Waals surface area (Å²) in [6.07, 6.45) is 0. The van der Waals surface area contributed by atoms with Crippen molar-refractivity contribution in [3.05, 3.63) is 66.7 Å². The smallest absolute Gasteiger partial charge is 0.119 e. The van der Waals surface area contributed by atoms with Crippen molar-refractivity contribution in [3.63, 3.8) is 0 Å². The van der Waals surface area contributed by atoms with Crippen molar-refractivity contribution < 1.29 is 14.2 Å². The Morgan fingerprint density at radius 3 is 1.54 bits per heavy atom. The molecule has 0 heterocycles. The molecule has 24 heavy (non-hydrogen) atoms. The van der Waals surface area contributed by atoms with Crippen LogP contribution in [0, 0.1) is 0 Å². The second-order valence-electron chi connectivity index (χ2n) is 5.38. The van der Waals surface area contributed by atoms with E-state index in [0.717, 1.165) is 39.5 Å². The summed E-state index contributed by atoms with van der Waals surface area (Å²) < 4.78 is 16.1. The zero-order valence-corrected chi connectivity index (χ0v) is 14.1. The van der Waals surface area contributed by atoms with E-state index in [4.69, 9.17) is 14.2 Å². The van der Waals surface area contributed by atoms with Crippen LogP contribution in [0.5, 0.6) is 17.2 Å². The fourth-order valence-corrected chi connectivity index (χ4v) is 2.72. The zero-order valence-electron chi connectivity index (χ0n) is 14.1. The molecule has 0 bridgehead atoms. The van der Waals surface area contributed by atoms with Gasteiger partial charge in [0.15, 0.2) is 0 Å². The minimum absolute atomic E-state index is 0.819. The lowest BCUT2D eigenvalue weighted by molar-refractivity contribution is 0.414. The van der Waals surface area contributed by atoms with Gasteiger partial charge < -0.3 is 14.2 Å². The molecule has 0 aliphatic carbocycles. The molecule has 122 valence electrons. The van der Waals surface area contributed by atoms with Crippen molar-refractivity contribution in [3.8, 4) is 39.5 Å². The second-order valence-corrected chi connectivity index (χ2v) is 5.38. The maximum Gasteiger partial charge on any atom is 0.119 e. The second kappa shape index (κ2) is 7.09. The molecule has 0 radical (unpaired) electrons. The number of benzene rings is 3. The van der Waals surface area contributed by atoms with Crippen LogP contribution in [-0.4, -0.2) is 21.3 Å². The van der Waals surface area contributed by atoms with Crippen molar-refractivity contribution in [2.45, 2.75) is 0 Å². The molecule has 0 fully saturated rings. The summed E-state index contributed by atoms with van der Waals surface area (Å²) in [6, 6.07) is 22.2. The summed E-state index contributed by atoms with van der Waals surface area (Å²) in [5.74, 6) is 2.48. The van der Waals surface area contributed by atoms with E-state index in [1.54, 1.807) is 21.3 Å². The van der Waals surface area contributed by atoms with Crippen LogP contribution in [-0.2, 0) is 0 Å². The average molecular weight is 320 g/mol. The molecule has 0 aliphatic heterocycles. The minimum atomic E-state index is 0.819. The third-order valence-electron chi connectivity index (χ3n) is 3.99. The number of rotatable bonds is 5. The molecule has 0 aromatic heterocycles. The van der Waals surface area contributed by atoms with Gasteiger partial charge in [0.25, 0.3) is 0 Å². The Hall–Kier alpha value is -2.94. The predicted octanol–water partition coefficient (Wildman–Crippen LogP) is 5.05. The Kier molecular flexibility index (Phi) is 4.71. The van der Waals surface area contributed by atoms with Gasteiger partial charge >= 0.3 is 0 Å². The highest BCUT2D eigenvalue weighted by Gasteiger charge is 2.11. The molecule has 0 spiro atoms. The SMILES string of the molecule is COc1cccc(-c2ccc(OC)cc2-c2cccc(OC)c2)c1. The fourth-order valence-electron chi connectivity index (χ4n) is 2.72. The molecule has 3 nitrogen and oxygen atoms in total. The molecule has 0 saturated heterocycles. The van der Waals surface area contributed by atoms with Gasteiger partial charge in [-0.3, -0.25) is 0 Å². The summed E-state index contributed by atoms with van der Waals surface area (Å²) in [7, 11) is 5.03. The van der Waals surface area contributed by atoms with Gasteiger partial charge in [-0.25, -0.2) is 0 Å². The first-order valence-electron chi connectivity index (χ1n) is 7.72. The lowest BCUT2D eigenvalue weighted by atomic mass is 9.94. The van der Waals surface area contributed by atoms with E-state index in [1.807, 2.05) is 48.5 Å². The summed E-state index contributed by atoms with van der Waals surface area (Å²) in [5, 5.41) is 0. The molecule has 0 unspecified atom stereocenters. The van der Waals surface area contributed by atoms with Gasteiger partial charge in [0.05, 0.1) is 21.3 Å². The monoisotopic (exact) mass is 320 g/mol. The lowest BCUT2D eigenvalue weighted by Gasteiger charge is -2.14. The minimum Gasteiger partial charge on any atom is -0.497 e. The number of hydrogen-bond donors (Lipinski definition) is 0. The quantitative estimate of drug-likeness (QED) is 0.658. The van der Waals surface area contributed by atoms with Crippen LogP contribution < -0.4 is 14.2 Å². The van der Waals surface area contributed by atoms with Crippen molar-refractivity contribution in [1.82, 2.24) is 0 Å². The predicted molar refractivity (Wildman–Crippen MR) is 97.0 cm³/mol. The van der Waals surface area contributed by atoms with Crippen LogP contribution in [0.4, 0.5) is 0 Å². The number of ether oxygens (including phenoxy) is 3. The van der Waals surface area contributed by atoms with Gasteiger partial charge in [0, 0.05) is 0 Å². The van der Waals surface area contributed by atoms with Crippen LogP contribution in [0.25, 0.3) is 22.3 Å². The summed E-state index contributed by atoms with van der Waals surface area (Å²) in [6.45, 7) is 0. The molecular weight excluding hydrogens is 300 g/mol. The Balaban J connectivity index is 2.18. The Morgan fingerprint density at radius 2 is 1.00 bits per heavy atom. The number of hydrogen-bond acceptors (Lipinski definition) is 3. The van der Waals surface area contributed by atoms with E-state index < -0.39 is 0 Å². The van der Waals surface area contributed by atoms with Crippen molar-refractivity contribution >= 4 is 0 Å². The molecular formula is C21H20O3. The van der Waals surface area contributed by atoms with Crippen molar-refractivity contribution in [2.24, 2.45) is 0 Å². The standard InChI is InChI=1S/C21H20O3/c1-22-17-8-4-6-15(12-17)20-11-10-19(24-3)14-21(20)16-7-5-9-18(13-16)23-2/h4-14H,1-3H3. The third-order valence-corrected chi connectivity index (χ3v) is 3.99. The molecule has 3 rings (SSSR count). The van der Waals surface area contributed by atoms with Gasteiger partial charge in [0.1, 0.15) is 17.2 Å². The highest BCUT2D eigenvalue weighted by molar-refractivity contribution is 5.85. The third kappa shape index (κ3) is 3.20. The van der Waals surface area contributed by atoms with Crippen molar-refractivity contribution in [1.29, 1.82) is 0 Å². The average Bonchev–Trinajstić information content (AvgIpc) is 2.67. The first-order chi connectivity index (χ1) is 11.7. The van der Waals surface area contributed by atoms with Crippen LogP contribution in [0.1, 0.15) is 0 Å². The highest BCUT2D eigenvalue weighted by atomic mass is 16.5. The summed E-state index contributed by atoms with van der Waals surface area (Å²) in [5.41, 5.74) is 4.37. The lowest BCUT2D eigenvalue weighted by Crippen LogP contribution is -1.91. The first kappa shape index (κ1) is 15.9. The van der Waals surface area contributed by atoms with E-state index in [-0.39, 0.29) is 0 Å². The molecule has 0 saturated carbocycles. The van der Waals surface area contributed by atoms with E-state index in [1.165, 1.54) is 0 Å². The number of methoxy groups -OCH3 is 3. The molecule has 3 aromatic carbocycles. The summed E-state index contributed by atoms with van der Waals surface area (Å²) in [4.78, 5) is 0. The Morgan fingerprint density at radius 1 is 0.500 bits per heavy atom. The van der Waals surface area contributed by atoms with Gasteiger partial charge in [-0.05, 0) is 58.7 Å². The zero-order chi connectivity index (χ0) is 16.9. The fraction of sp³-hybridized carbons (Fsp3) is 0.143. The highest BCUT2D eigenvalue weighted by Crippen LogP contribution is 2.37. The summed E-state index contributed by atoms with van der Waals surface area (Å²) >= 11 is 0. The van der Waals surface area contributed by atoms with Gasteiger partial charge in [-0.15, -0.1) is 0 Å². The molecule has 0 amide bonds. The Bertz CT molecular complexity index is 840. The largest absolute Gasteiger partial charge is 0.497 e. The maximum absolute atomic E-state index is 5.41. The van der Waals surface area contributed by atoms with Crippen molar-refractivity contribution in [2.75, 3.05) is 21.3 Å². The van der Waals surface area contributed by atoms with Gasteiger partial charge in [-0.1, -0.05) is 30.3 Å². The van der Waals surface area contributed by atoms with Gasteiger partial charge in [-0.2, -0.15) is 0 Å². The molecule has 0 N–H and O–H groups in total. The molecule has 3 heteroatoms. The van der Waals surface area contributed by atoms with Crippen LogP contribution in [0.3, 0.4) is 0 Å². The van der Waals surface area contributed by atoms with E-state index >= 15 is 0 Å². The first-order valence-corrected chi connectivity index (χ1v) is 7.72. The molecule has 0 aliphatic rings. The van der Waals surface area contributed by atoms with E-state index in [0.29, 0.717) is 0 Å². The van der Waals surface area contributed by atoms with Crippen LogP contribution >= 0.6 is 0 Å². The van der Waals surface area contributed by atoms with Crippen LogP contribution in [0.15, 0.2) is 66.7 Å². The normalized spacial score (nSPS) is 10.3. The van der Waals surface area contributed by atoms with Gasteiger partial charge in [0.2, 0.25) is 0 Å². The van der Waals surface area contributed by atoms with Crippen LogP contribution in [0.2, 0.25) is 0 Å². The topological polar surface area (TPSA) is 27.7 Å². The van der Waals surface area contributed by atoms with E-state index in [9.17, 15) is 0 Å². The maximum atomic E-state index is 5.41. The molecule has 0 atom stereocenters. The van der Waals surface area contributed by atoms with E-state index in [2.05, 4.69) is 18.2 Å². The Labute approximate surface area is 142 Å².